The second kappa shape index (κ2) is 4.37. The predicted molar refractivity (Wildman–Crippen MR) is 65.3 cm³/mol. The summed E-state index contributed by atoms with van der Waals surface area (Å²) in [6.45, 7) is 0. The smallest absolute Gasteiger partial charge is 0.367 e. The Morgan fingerprint density at radius 1 is 1.50 bits per heavy atom. The maximum atomic E-state index is 10.7. The topological polar surface area (TPSA) is 92.9 Å². The summed E-state index contributed by atoms with van der Waals surface area (Å²) in [5, 5.41) is 23.8. The van der Waals surface area contributed by atoms with Crippen LogP contribution in [-0.4, -0.2) is 31.1 Å². The molecule has 2 heterocycles. The fourth-order valence-electron chi connectivity index (χ4n) is 1.73. The molecule has 0 atom stereocenters. The van der Waals surface area contributed by atoms with E-state index in [4.69, 9.17) is 5.11 Å². The Morgan fingerprint density at radius 2 is 2.33 bits per heavy atom. The SMILES string of the molecule is O=C(O)c1nnc(Nc2ccn(C3CCC3)n2)s1. The molecule has 0 amide bonds. The van der Waals surface area contributed by atoms with Gasteiger partial charge in [-0.1, -0.05) is 11.3 Å². The quantitative estimate of drug-likeness (QED) is 0.877. The first-order valence-corrected chi connectivity index (χ1v) is 6.43. The van der Waals surface area contributed by atoms with Gasteiger partial charge in [0.05, 0.1) is 6.04 Å². The van der Waals surface area contributed by atoms with Gasteiger partial charge in [0.2, 0.25) is 10.1 Å². The first-order chi connectivity index (χ1) is 8.72. The fourth-order valence-corrected chi connectivity index (χ4v) is 2.32. The monoisotopic (exact) mass is 265 g/mol. The third kappa shape index (κ3) is 2.06. The minimum atomic E-state index is -1.07. The van der Waals surface area contributed by atoms with Crippen molar-refractivity contribution in [1.82, 2.24) is 20.0 Å². The zero-order chi connectivity index (χ0) is 12.5. The molecule has 1 saturated carbocycles. The Hall–Kier alpha value is -1.96. The Balaban J connectivity index is 1.71. The lowest BCUT2D eigenvalue weighted by Crippen LogP contribution is -2.17. The highest BCUT2D eigenvalue weighted by molar-refractivity contribution is 7.17. The summed E-state index contributed by atoms with van der Waals surface area (Å²) < 4.78 is 1.94. The number of rotatable bonds is 4. The van der Waals surface area contributed by atoms with Crippen LogP contribution >= 0.6 is 11.3 Å². The van der Waals surface area contributed by atoms with Crippen molar-refractivity contribution in [3.8, 4) is 0 Å². The predicted octanol–water partition coefficient (Wildman–Crippen LogP) is 1.90. The van der Waals surface area contributed by atoms with Gasteiger partial charge in [0.15, 0.2) is 5.82 Å². The standard InChI is InChI=1S/C10H11N5O2S/c16-9(17)8-12-13-10(18-8)11-7-4-5-15(14-7)6-2-1-3-6/h4-6H,1-3H2,(H,16,17)(H,11,13,14). The average Bonchev–Trinajstić information content (AvgIpc) is 2.86. The highest BCUT2D eigenvalue weighted by Crippen LogP contribution is 2.31. The van der Waals surface area contributed by atoms with E-state index in [0.29, 0.717) is 17.0 Å². The highest BCUT2D eigenvalue weighted by atomic mass is 32.1. The minimum Gasteiger partial charge on any atom is -0.476 e. The van der Waals surface area contributed by atoms with Crippen molar-refractivity contribution in [2.75, 3.05) is 5.32 Å². The molecule has 94 valence electrons. The maximum Gasteiger partial charge on any atom is 0.367 e. The second-order valence-corrected chi connectivity index (χ2v) is 5.09. The molecule has 18 heavy (non-hydrogen) atoms. The van der Waals surface area contributed by atoms with Gasteiger partial charge in [-0.3, -0.25) is 4.68 Å². The molecule has 0 saturated heterocycles. The number of aromatic carboxylic acids is 1. The lowest BCUT2D eigenvalue weighted by atomic mass is 9.93. The number of nitrogens with one attached hydrogen (secondary N) is 1. The van der Waals surface area contributed by atoms with Gasteiger partial charge in [-0.2, -0.15) is 5.10 Å². The number of carboxylic acids is 1. The van der Waals surface area contributed by atoms with Gasteiger partial charge in [-0.05, 0) is 19.3 Å². The molecule has 8 heteroatoms. The first kappa shape index (κ1) is 11.1. The first-order valence-electron chi connectivity index (χ1n) is 5.61. The summed E-state index contributed by atoms with van der Waals surface area (Å²) in [5.74, 6) is -0.407. The number of carboxylic acid groups (broad SMARTS) is 1. The van der Waals surface area contributed by atoms with Gasteiger partial charge in [-0.25, -0.2) is 4.79 Å². The van der Waals surface area contributed by atoms with Crippen molar-refractivity contribution in [3.63, 3.8) is 0 Å². The van der Waals surface area contributed by atoms with Gasteiger partial charge in [-0.15, -0.1) is 10.2 Å². The van der Waals surface area contributed by atoms with Crippen LogP contribution < -0.4 is 5.32 Å². The van der Waals surface area contributed by atoms with Crippen LogP contribution in [0.2, 0.25) is 0 Å². The van der Waals surface area contributed by atoms with Crippen molar-refractivity contribution < 1.29 is 9.90 Å². The summed E-state index contributed by atoms with van der Waals surface area (Å²) in [6, 6.07) is 2.35. The number of nitrogens with zero attached hydrogens (tertiary/aromatic N) is 4. The van der Waals surface area contributed by atoms with Crippen LogP contribution in [0.4, 0.5) is 10.9 Å². The molecule has 0 spiro atoms. The molecule has 1 aliphatic carbocycles. The lowest BCUT2D eigenvalue weighted by molar-refractivity contribution is 0.0695. The van der Waals surface area contributed by atoms with Gasteiger partial charge in [0.25, 0.3) is 0 Å². The number of hydrogen-bond acceptors (Lipinski definition) is 6. The third-order valence-electron chi connectivity index (χ3n) is 2.90. The Bertz CT molecular complexity index is 574. The number of carbonyl (C=O) groups is 1. The Kier molecular flexibility index (Phi) is 2.71. The summed E-state index contributed by atoms with van der Waals surface area (Å²) in [7, 11) is 0. The van der Waals surface area contributed by atoms with Crippen molar-refractivity contribution in [3.05, 3.63) is 17.3 Å². The molecule has 0 aromatic carbocycles. The van der Waals surface area contributed by atoms with Crippen LogP contribution in [0.5, 0.6) is 0 Å². The summed E-state index contributed by atoms with van der Waals surface area (Å²) >= 11 is 0.991. The highest BCUT2D eigenvalue weighted by Gasteiger charge is 2.20. The molecule has 0 unspecified atom stereocenters. The number of aromatic nitrogens is 4. The summed E-state index contributed by atoms with van der Waals surface area (Å²) in [6.07, 6.45) is 5.52. The van der Waals surface area contributed by atoms with Crippen molar-refractivity contribution in [1.29, 1.82) is 0 Å². The van der Waals surface area contributed by atoms with E-state index < -0.39 is 5.97 Å². The molecule has 2 aromatic rings. The van der Waals surface area contributed by atoms with Gasteiger partial charge in [0.1, 0.15) is 0 Å². The molecule has 0 aliphatic heterocycles. The molecule has 0 bridgehead atoms. The van der Waals surface area contributed by atoms with Crippen LogP contribution in [0.3, 0.4) is 0 Å². The average molecular weight is 265 g/mol. The largest absolute Gasteiger partial charge is 0.476 e. The molecule has 3 rings (SSSR count). The molecule has 2 aromatic heterocycles. The second-order valence-electron chi connectivity index (χ2n) is 4.11. The number of anilines is 2. The van der Waals surface area contributed by atoms with Gasteiger partial charge >= 0.3 is 5.97 Å². The molecule has 1 aliphatic rings. The lowest BCUT2D eigenvalue weighted by Gasteiger charge is -2.25. The van der Waals surface area contributed by atoms with E-state index in [0.717, 1.165) is 11.3 Å². The van der Waals surface area contributed by atoms with Crippen LogP contribution in [-0.2, 0) is 0 Å². The summed E-state index contributed by atoms with van der Waals surface area (Å²) in [5.41, 5.74) is 0. The molecular formula is C10H11N5O2S. The van der Waals surface area contributed by atoms with Crippen molar-refractivity contribution >= 4 is 28.3 Å². The van der Waals surface area contributed by atoms with Crippen molar-refractivity contribution in [2.45, 2.75) is 25.3 Å². The van der Waals surface area contributed by atoms with E-state index in [9.17, 15) is 4.79 Å². The van der Waals surface area contributed by atoms with Crippen LogP contribution in [0.25, 0.3) is 0 Å². The minimum absolute atomic E-state index is 0.0316. The van der Waals surface area contributed by atoms with Crippen LogP contribution in [0.15, 0.2) is 12.3 Å². The zero-order valence-corrected chi connectivity index (χ0v) is 10.2. The normalized spacial score (nSPS) is 15.3. The molecule has 1 fully saturated rings. The maximum absolute atomic E-state index is 10.7. The Morgan fingerprint density at radius 3 is 2.94 bits per heavy atom. The van der Waals surface area contributed by atoms with E-state index in [2.05, 4.69) is 20.6 Å². The zero-order valence-electron chi connectivity index (χ0n) is 9.41. The van der Waals surface area contributed by atoms with Crippen LogP contribution in [0, 0.1) is 0 Å². The molecule has 2 N–H and O–H groups in total. The fraction of sp³-hybridized carbons (Fsp3) is 0.400. The van der Waals surface area contributed by atoms with E-state index in [1.807, 2.05) is 16.9 Å². The van der Waals surface area contributed by atoms with E-state index >= 15 is 0 Å². The van der Waals surface area contributed by atoms with Gasteiger partial charge in [0, 0.05) is 12.3 Å². The molecule has 7 nitrogen and oxygen atoms in total. The Labute approximate surface area is 106 Å². The summed E-state index contributed by atoms with van der Waals surface area (Å²) in [4.78, 5) is 10.7. The molecule has 0 radical (unpaired) electrons. The van der Waals surface area contributed by atoms with E-state index in [1.54, 1.807) is 0 Å². The van der Waals surface area contributed by atoms with E-state index in [1.165, 1.54) is 19.3 Å². The third-order valence-corrected chi connectivity index (χ3v) is 3.73. The number of hydrogen-bond donors (Lipinski definition) is 2. The van der Waals surface area contributed by atoms with E-state index in [-0.39, 0.29) is 5.01 Å². The van der Waals surface area contributed by atoms with Crippen molar-refractivity contribution in [2.24, 2.45) is 0 Å². The molecular weight excluding hydrogens is 254 g/mol. The van der Waals surface area contributed by atoms with Crippen LogP contribution in [0.1, 0.15) is 35.1 Å². The van der Waals surface area contributed by atoms with Gasteiger partial charge < -0.3 is 10.4 Å².